The summed E-state index contributed by atoms with van der Waals surface area (Å²) < 4.78 is 0. The second-order valence-electron chi connectivity index (χ2n) is 5.55. The third-order valence-corrected chi connectivity index (χ3v) is 3.72. The number of nitrogens with one attached hydrogen (secondary N) is 1. The Morgan fingerprint density at radius 2 is 2.14 bits per heavy atom. The first-order valence-corrected chi connectivity index (χ1v) is 7.41. The highest BCUT2D eigenvalue weighted by atomic mass is 16.1. The van der Waals surface area contributed by atoms with Gasteiger partial charge in [-0.15, -0.1) is 0 Å². The lowest BCUT2D eigenvalue weighted by atomic mass is 10.1. The molecule has 0 saturated carbocycles. The first kappa shape index (κ1) is 14.5. The normalized spacial score (nSPS) is 14.8. The largest absolute Gasteiger partial charge is 0.321 e. The third kappa shape index (κ3) is 3.59. The average molecular weight is 293 g/mol. The monoisotopic (exact) mass is 293 g/mol. The molecule has 0 fully saturated rings. The number of aromatic nitrogens is 1. The molecule has 4 nitrogen and oxygen atoms in total. The Morgan fingerprint density at radius 3 is 2.95 bits per heavy atom. The molecule has 0 atom stereocenters. The summed E-state index contributed by atoms with van der Waals surface area (Å²) in [5.41, 5.74) is 4.08. The lowest BCUT2D eigenvalue weighted by molar-refractivity contribution is -0.111. The molecule has 0 bridgehead atoms. The number of benzene rings is 1. The highest BCUT2D eigenvalue weighted by Crippen LogP contribution is 2.19. The number of likely N-dealkylation sites (N-methyl/N-ethyl adjacent to an activating group) is 1. The molecule has 1 aliphatic heterocycles. The van der Waals surface area contributed by atoms with Crippen LogP contribution in [0.15, 0.2) is 48.7 Å². The van der Waals surface area contributed by atoms with E-state index < -0.39 is 0 Å². The molecule has 0 radical (unpaired) electrons. The summed E-state index contributed by atoms with van der Waals surface area (Å²) in [4.78, 5) is 18.7. The number of rotatable bonds is 3. The van der Waals surface area contributed by atoms with E-state index in [1.807, 2.05) is 36.4 Å². The smallest absolute Gasteiger partial charge is 0.248 e. The van der Waals surface area contributed by atoms with Gasteiger partial charge in [-0.25, -0.2) is 0 Å². The zero-order valence-corrected chi connectivity index (χ0v) is 12.6. The molecular formula is C18H19N3O. The minimum atomic E-state index is -0.144. The van der Waals surface area contributed by atoms with E-state index in [4.69, 9.17) is 0 Å². The lowest BCUT2D eigenvalue weighted by Crippen LogP contribution is -2.27. The van der Waals surface area contributed by atoms with Crippen molar-refractivity contribution in [3.63, 3.8) is 0 Å². The molecule has 112 valence electrons. The van der Waals surface area contributed by atoms with E-state index in [1.165, 1.54) is 5.56 Å². The van der Waals surface area contributed by atoms with Crippen molar-refractivity contribution >= 4 is 17.7 Å². The second kappa shape index (κ2) is 6.54. The van der Waals surface area contributed by atoms with Crippen molar-refractivity contribution in [2.45, 2.75) is 13.0 Å². The highest BCUT2D eigenvalue weighted by Gasteiger charge is 2.14. The minimum absolute atomic E-state index is 0.144. The van der Waals surface area contributed by atoms with Gasteiger partial charge in [0, 0.05) is 31.3 Å². The molecule has 0 saturated heterocycles. The van der Waals surface area contributed by atoms with Crippen LogP contribution in [-0.4, -0.2) is 29.4 Å². The SMILES string of the molecule is CN1CCc2ncc(NC(=O)C=Cc3ccccc3)cc2C1. The van der Waals surface area contributed by atoms with Crippen LogP contribution in [0.3, 0.4) is 0 Å². The predicted molar refractivity (Wildman–Crippen MR) is 88.4 cm³/mol. The molecule has 1 aromatic carbocycles. The molecule has 22 heavy (non-hydrogen) atoms. The van der Waals surface area contributed by atoms with Gasteiger partial charge in [0.1, 0.15) is 0 Å². The molecule has 0 unspecified atom stereocenters. The maximum atomic E-state index is 12.0. The van der Waals surface area contributed by atoms with Gasteiger partial charge in [-0.3, -0.25) is 9.78 Å². The molecular weight excluding hydrogens is 274 g/mol. The maximum Gasteiger partial charge on any atom is 0.248 e. The van der Waals surface area contributed by atoms with Crippen molar-refractivity contribution in [1.29, 1.82) is 0 Å². The first-order chi connectivity index (χ1) is 10.7. The van der Waals surface area contributed by atoms with Crippen molar-refractivity contribution < 1.29 is 4.79 Å². The van der Waals surface area contributed by atoms with Gasteiger partial charge >= 0.3 is 0 Å². The summed E-state index contributed by atoms with van der Waals surface area (Å²) >= 11 is 0. The van der Waals surface area contributed by atoms with E-state index in [1.54, 1.807) is 18.3 Å². The highest BCUT2D eigenvalue weighted by molar-refractivity contribution is 6.01. The van der Waals surface area contributed by atoms with Gasteiger partial charge in [-0.2, -0.15) is 0 Å². The zero-order valence-electron chi connectivity index (χ0n) is 12.6. The molecule has 0 aliphatic carbocycles. The van der Waals surface area contributed by atoms with Crippen molar-refractivity contribution in [3.8, 4) is 0 Å². The Bertz CT molecular complexity index is 695. The van der Waals surface area contributed by atoms with Crippen LogP contribution in [0.1, 0.15) is 16.8 Å². The summed E-state index contributed by atoms with van der Waals surface area (Å²) in [6.45, 7) is 1.91. The van der Waals surface area contributed by atoms with Crippen LogP contribution < -0.4 is 5.32 Å². The molecule has 1 aromatic heterocycles. The van der Waals surface area contributed by atoms with Crippen LogP contribution in [0.5, 0.6) is 0 Å². The zero-order chi connectivity index (χ0) is 15.4. The van der Waals surface area contributed by atoms with E-state index in [-0.39, 0.29) is 5.91 Å². The summed E-state index contributed by atoms with van der Waals surface area (Å²) in [7, 11) is 2.09. The van der Waals surface area contributed by atoms with E-state index in [9.17, 15) is 4.79 Å². The Kier molecular flexibility index (Phi) is 4.30. The second-order valence-corrected chi connectivity index (χ2v) is 5.55. The summed E-state index contributed by atoms with van der Waals surface area (Å²) in [5, 5.41) is 2.87. The van der Waals surface area contributed by atoms with Crippen molar-refractivity contribution in [1.82, 2.24) is 9.88 Å². The summed E-state index contributed by atoms with van der Waals surface area (Å²) in [5.74, 6) is -0.144. The molecule has 1 amide bonds. The number of pyridine rings is 1. The Morgan fingerprint density at radius 1 is 1.32 bits per heavy atom. The van der Waals surface area contributed by atoms with Gasteiger partial charge in [-0.1, -0.05) is 30.3 Å². The molecule has 1 N–H and O–H groups in total. The molecule has 2 heterocycles. The van der Waals surface area contributed by atoms with E-state index in [0.717, 1.165) is 36.5 Å². The Hall–Kier alpha value is -2.46. The maximum absolute atomic E-state index is 12.0. The van der Waals surface area contributed by atoms with Crippen molar-refractivity contribution in [2.24, 2.45) is 0 Å². The average Bonchev–Trinajstić information content (AvgIpc) is 2.53. The van der Waals surface area contributed by atoms with E-state index >= 15 is 0 Å². The van der Waals surface area contributed by atoms with E-state index in [2.05, 4.69) is 22.2 Å². The number of anilines is 1. The Labute approximate surface area is 130 Å². The van der Waals surface area contributed by atoms with Gasteiger partial charge < -0.3 is 10.2 Å². The standard InChI is InChI=1S/C18H19N3O/c1-21-10-9-17-15(13-21)11-16(12-19-17)20-18(22)8-7-14-5-3-2-4-6-14/h2-8,11-12H,9-10,13H2,1H3,(H,20,22). The van der Waals surface area contributed by atoms with Gasteiger partial charge in [0.25, 0.3) is 0 Å². The fourth-order valence-electron chi connectivity index (χ4n) is 2.56. The molecule has 3 rings (SSSR count). The fraction of sp³-hybridized carbons (Fsp3) is 0.222. The number of hydrogen-bond donors (Lipinski definition) is 1. The number of fused-ring (bicyclic) bond motifs is 1. The van der Waals surface area contributed by atoms with Gasteiger partial charge in [0.05, 0.1) is 11.9 Å². The van der Waals surface area contributed by atoms with Crippen LogP contribution in [0.2, 0.25) is 0 Å². The van der Waals surface area contributed by atoms with E-state index in [0.29, 0.717) is 0 Å². The topological polar surface area (TPSA) is 45.2 Å². The molecule has 0 spiro atoms. The molecule has 2 aromatic rings. The first-order valence-electron chi connectivity index (χ1n) is 7.41. The van der Waals surface area contributed by atoms with Crippen LogP contribution in [-0.2, 0) is 17.8 Å². The quantitative estimate of drug-likeness (QED) is 0.885. The lowest BCUT2D eigenvalue weighted by Gasteiger charge is -2.24. The van der Waals surface area contributed by atoms with Crippen molar-refractivity contribution in [2.75, 3.05) is 18.9 Å². The third-order valence-electron chi connectivity index (χ3n) is 3.72. The number of amides is 1. The van der Waals surface area contributed by atoms with Crippen LogP contribution >= 0.6 is 0 Å². The van der Waals surface area contributed by atoms with Crippen LogP contribution in [0.25, 0.3) is 6.08 Å². The minimum Gasteiger partial charge on any atom is -0.321 e. The number of carbonyl (C=O) groups excluding carboxylic acids is 1. The molecule has 1 aliphatic rings. The fourth-order valence-corrected chi connectivity index (χ4v) is 2.56. The number of nitrogens with zero attached hydrogens (tertiary/aromatic N) is 2. The van der Waals surface area contributed by atoms with Gasteiger partial charge in [0.15, 0.2) is 0 Å². The Balaban J connectivity index is 1.67. The predicted octanol–water partition coefficient (Wildman–Crippen LogP) is 2.72. The summed E-state index contributed by atoms with van der Waals surface area (Å²) in [6.07, 6.45) is 6.04. The van der Waals surface area contributed by atoms with Crippen molar-refractivity contribution in [3.05, 3.63) is 65.5 Å². The van der Waals surface area contributed by atoms with Crippen LogP contribution in [0.4, 0.5) is 5.69 Å². The number of carbonyl (C=O) groups is 1. The van der Waals surface area contributed by atoms with Crippen LogP contribution in [0, 0.1) is 0 Å². The summed E-state index contributed by atoms with van der Waals surface area (Å²) in [6, 6.07) is 11.8. The molecule has 4 heteroatoms. The van der Waals surface area contributed by atoms with Gasteiger partial charge in [-0.05, 0) is 30.3 Å². The number of hydrogen-bond acceptors (Lipinski definition) is 3. The van der Waals surface area contributed by atoms with Gasteiger partial charge in [0.2, 0.25) is 5.91 Å².